The highest BCUT2D eigenvalue weighted by atomic mass is 16.5. The highest BCUT2D eigenvalue weighted by Crippen LogP contribution is 2.13. The molecule has 0 aliphatic rings. The maximum absolute atomic E-state index is 11.3. The van der Waals surface area contributed by atoms with E-state index in [4.69, 9.17) is 15.1 Å². The smallest absolute Gasteiger partial charge is 0.352 e. The number of hydrogen-bond acceptors (Lipinski definition) is 4. The maximum atomic E-state index is 11.3. The van der Waals surface area contributed by atoms with Crippen molar-refractivity contribution in [3.8, 4) is 6.07 Å². The highest BCUT2D eigenvalue weighted by Gasteiger charge is 2.09. The van der Waals surface area contributed by atoms with Crippen molar-refractivity contribution < 1.29 is 14.6 Å². The Morgan fingerprint density at radius 1 is 0.808 bits per heavy atom. The second-order valence-corrected chi connectivity index (χ2v) is 7.09. The number of carbonyl (C=O) groups excluding carboxylic acids is 1. The van der Waals surface area contributed by atoms with Crippen LogP contribution in [-0.2, 0) is 9.53 Å². The SMILES string of the molecule is CCCCCCCCCCCCCCCCCCOC(=O)/C(C#N)=C\O. The van der Waals surface area contributed by atoms with E-state index in [9.17, 15) is 4.79 Å². The van der Waals surface area contributed by atoms with Crippen molar-refractivity contribution in [3.63, 3.8) is 0 Å². The van der Waals surface area contributed by atoms with Crippen LogP contribution in [0.2, 0.25) is 0 Å². The van der Waals surface area contributed by atoms with Crippen LogP contribution in [0.15, 0.2) is 11.8 Å². The fourth-order valence-corrected chi connectivity index (χ4v) is 3.02. The van der Waals surface area contributed by atoms with Gasteiger partial charge in [0.25, 0.3) is 0 Å². The summed E-state index contributed by atoms with van der Waals surface area (Å²) in [7, 11) is 0. The number of aliphatic hydroxyl groups excluding tert-OH is 1. The Hall–Kier alpha value is -1.50. The van der Waals surface area contributed by atoms with Crippen molar-refractivity contribution in [1.29, 1.82) is 5.26 Å². The highest BCUT2D eigenvalue weighted by molar-refractivity contribution is 5.92. The van der Waals surface area contributed by atoms with Crippen molar-refractivity contribution in [2.24, 2.45) is 0 Å². The first-order chi connectivity index (χ1) is 12.8. The number of aliphatic hydroxyl groups is 1. The Labute approximate surface area is 160 Å². The molecule has 0 bridgehead atoms. The normalized spacial score (nSPS) is 11.3. The third-order valence-corrected chi connectivity index (χ3v) is 4.70. The Morgan fingerprint density at radius 3 is 1.54 bits per heavy atom. The van der Waals surface area contributed by atoms with E-state index in [1.165, 1.54) is 83.5 Å². The molecule has 0 radical (unpaired) electrons. The monoisotopic (exact) mass is 365 g/mol. The Balaban J connectivity index is 3.18. The molecule has 0 spiro atoms. The summed E-state index contributed by atoms with van der Waals surface area (Å²) in [6.07, 6.45) is 21.3. The summed E-state index contributed by atoms with van der Waals surface area (Å²) in [5.41, 5.74) is -0.346. The molecule has 0 atom stereocenters. The van der Waals surface area contributed by atoms with E-state index in [0.29, 0.717) is 12.9 Å². The van der Waals surface area contributed by atoms with Gasteiger partial charge >= 0.3 is 5.97 Å². The summed E-state index contributed by atoms with van der Waals surface area (Å²) in [5.74, 6) is -0.740. The second-order valence-electron chi connectivity index (χ2n) is 7.09. The molecule has 0 rings (SSSR count). The van der Waals surface area contributed by atoms with Crippen LogP contribution < -0.4 is 0 Å². The lowest BCUT2D eigenvalue weighted by molar-refractivity contribution is -0.138. The molecule has 150 valence electrons. The first kappa shape index (κ1) is 24.5. The van der Waals surface area contributed by atoms with Gasteiger partial charge in [0, 0.05) is 0 Å². The van der Waals surface area contributed by atoms with Crippen LogP contribution in [0.4, 0.5) is 0 Å². The quantitative estimate of drug-likeness (QED) is 0.0958. The summed E-state index contributed by atoms with van der Waals surface area (Å²) < 4.78 is 4.92. The lowest BCUT2D eigenvalue weighted by Crippen LogP contribution is -2.08. The Kier molecular flexibility index (Phi) is 18.7. The van der Waals surface area contributed by atoms with Gasteiger partial charge in [0.1, 0.15) is 12.3 Å². The number of nitriles is 1. The molecule has 0 aromatic carbocycles. The Bertz CT molecular complexity index is 399. The van der Waals surface area contributed by atoms with Gasteiger partial charge < -0.3 is 9.84 Å². The first-order valence-corrected chi connectivity index (χ1v) is 10.7. The van der Waals surface area contributed by atoms with Gasteiger partial charge in [-0.15, -0.1) is 0 Å². The van der Waals surface area contributed by atoms with E-state index >= 15 is 0 Å². The minimum atomic E-state index is -0.740. The van der Waals surface area contributed by atoms with Gasteiger partial charge in [-0.1, -0.05) is 103 Å². The van der Waals surface area contributed by atoms with Gasteiger partial charge in [-0.3, -0.25) is 0 Å². The molecule has 4 nitrogen and oxygen atoms in total. The third kappa shape index (κ3) is 16.0. The van der Waals surface area contributed by atoms with Crippen LogP contribution in [0.5, 0.6) is 0 Å². The number of nitrogens with zero attached hydrogens (tertiary/aromatic N) is 1. The molecule has 0 aliphatic carbocycles. The van der Waals surface area contributed by atoms with Crippen LogP contribution in [0.1, 0.15) is 110 Å². The van der Waals surface area contributed by atoms with E-state index in [0.717, 1.165) is 19.3 Å². The summed E-state index contributed by atoms with van der Waals surface area (Å²) in [6, 6.07) is 1.59. The summed E-state index contributed by atoms with van der Waals surface area (Å²) in [4.78, 5) is 11.3. The lowest BCUT2D eigenvalue weighted by Gasteiger charge is -2.04. The van der Waals surface area contributed by atoms with Gasteiger partial charge in [0.2, 0.25) is 0 Å². The van der Waals surface area contributed by atoms with Crippen LogP contribution in [0.25, 0.3) is 0 Å². The molecule has 26 heavy (non-hydrogen) atoms. The van der Waals surface area contributed by atoms with Gasteiger partial charge in [0.15, 0.2) is 5.57 Å². The van der Waals surface area contributed by atoms with E-state index in [-0.39, 0.29) is 5.57 Å². The topological polar surface area (TPSA) is 70.3 Å². The summed E-state index contributed by atoms with van der Waals surface area (Å²) >= 11 is 0. The molecule has 0 saturated heterocycles. The van der Waals surface area contributed by atoms with Gasteiger partial charge in [-0.2, -0.15) is 5.26 Å². The van der Waals surface area contributed by atoms with Gasteiger partial charge in [-0.05, 0) is 6.42 Å². The predicted molar refractivity (Wildman–Crippen MR) is 107 cm³/mol. The number of carbonyl (C=O) groups is 1. The molecule has 0 amide bonds. The second kappa shape index (κ2) is 19.8. The van der Waals surface area contributed by atoms with Crippen LogP contribution in [0.3, 0.4) is 0 Å². The molecular weight excluding hydrogens is 326 g/mol. The van der Waals surface area contributed by atoms with Gasteiger partial charge in [0.05, 0.1) is 6.61 Å². The van der Waals surface area contributed by atoms with E-state index < -0.39 is 5.97 Å². The molecule has 0 unspecified atom stereocenters. The van der Waals surface area contributed by atoms with Crippen molar-refractivity contribution in [2.75, 3.05) is 6.61 Å². The molecule has 0 aromatic rings. The van der Waals surface area contributed by atoms with E-state index in [1.807, 2.05) is 0 Å². The van der Waals surface area contributed by atoms with Crippen molar-refractivity contribution in [2.45, 2.75) is 110 Å². The predicted octanol–water partition coefficient (Wildman–Crippen LogP) is 6.76. The number of rotatable bonds is 18. The molecule has 0 aromatic heterocycles. The summed E-state index contributed by atoms with van der Waals surface area (Å²) in [5, 5.41) is 17.2. The molecule has 1 N–H and O–H groups in total. The maximum Gasteiger partial charge on any atom is 0.352 e. The first-order valence-electron chi connectivity index (χ1n) is 10.7. The Morgan fingerprint density at radius 2 is 1.19 bits per heavy atom. The number of esters is 1. The standard InChI is InChI=1S/C22H39NO3/c1-2-3-4-5-6-7-8-9-10-11-12-13-14-15-16-17-18-26-22(25)21(19-23)20-24/h20,24H,2-18H2,1H3/b21-20-. The summed E-state index contributed by atoms with van der Waals surface area (Å²) in [6.45, 7) is 2.58. The zero-order valence-electron chi connectivity index (χ0n) is 16.8. The lowest BCUT2D eigenvalue weighted by atomic mass is 10.0. The zero-order chi connectivity index (χ0) is 19.3. The van der Waals surface area contributed by atoms with Crippen molar-refractivity contribution >= 4 is 5.97 Å². The van der Waals surface area contributed by atoms with Crippen LogP contribution in [0, 0.1) is 11.3 Å². The zero-order valence-corrected chi connectivity index (χ0v) is 16.8. The van der Waals surface area contributed by atoms with Crippen LogP contribution >= 0.6 is 0 Å². The average molecular weight is 366 g/mol. The fraction of sp³-hybridized carbons (Fsp3) is 0.818. The fourth-order valence-electron chi connectivity index (χ4n) is 3.02. The van der Waals surface area contributed by atoms with Crippen LogP contribution in [-0.4, -0.2) is 17.7 Å². The van der Waals surface area contributed by atoms with Gasteiger partial charge in [-0.25, -0.2) is 4.79 Å². The number of unbranched alkanes of at least 4 members (excludes halogenated alkanes) is 15. The largest absolute Gasteiger partial charge is 0.514 e. The minimum Gasteiger partial charge on any atom is -0.514 e. The van der Waals surface area contributed by atoms with Crippen molar-refractivity contribution in [1.82, 2.24) is 0 Å². The van der Waals surface area contributed by atoms with E-state index in [1.54, 1.807) is 6.07 Å². The van der Waals surface area contributed by atoms with E-state index in [2.05, 4.69) is 6.92 Å². The molecule has 0 heterocycles. The molecule has 0 fully saturated rings. The molecular formula is C22H39NO3. The minimum absolute atomic E-state index is 0.316. The molecule has 0 aliphatic heterocycles. The number of ether oxygens (including phenoxy) is 1. The molecule has 0 saturated carbocycles. The third-order valence-electron chi connectivity index (χ3n) is 4.70. The number of hydrogen-bond donors (Lipinski definition) is 1. The molecule has 4 heteroatoms. The van der Waals surface area contributed by atoms with Crippen molar-refractivity contribution in [3.05, 3.63) is 11.8 Å². The average Bonchev–Trinajstić information content (AvgIpc) is 2.65.